The smallest absolute Gasteiger partial charge is 0.317 e. The molecule has 0 atom stereocenters. The number of fused-ring (bicyclic) bond motifs is 1. The molecule has 0 bridgehead atoms. The number of aliphatic carboxylic acids is 1. The molecule has 88 valence electrons. The molecule has 0 aliphatic heterocycles. The molecule has 17 heavy (non-hydrogen) atoms. The first-order valence-corrected chi connectivity index (χ1v) is 5.55. The summed E-state index contributed by atoms with van der Waals surface area (Å²) in [4.78, 5) is 19.7. The van der Waals surface area contributed by atoms with E-state index in [1.54, 1.807) is 16.9 Å². The van der Waals surface area contributed by atoms with Crippen LogP contribution in [0.2, 0.25) is 0 Å². The van der Waals surface area contributed by atoms with E-state index in [0.717, 1.165) is 12.0 Å². The summed E-state index contributed by atoms with van der Waals surface area (Å²) in [6, 6.07) is 0. The fourth-order valence-corrected chi connectivity index (χ4v) is 2.14. The van der Waals surface area contributed by atoms with Crippen molar-refractivity contribution in [2.75, 3.05) is 0 Å². The molecule has 0 unspecified atom stereocenters. The van der Waals surface area contributed by atoms with Gasteiger partial charge in [0.1, 0.15) is 5.41 Å². The number of carboxylic acids is 1. The molecule has 1 saturated carbocycles. The fraction of sp³-hybridized carbons (Fsp3) is 0.455. The fourth-order valence-electron chi connectivity index (χ4n) is 2.14. The normalized spacial score (nSPS) is 17.9. The molecule has 1 fully saturated rings. The van der Waals surface area contributed by atoms with Crippen molar-refractivity contribution in [3.63, 3.8) is 0 Å². The summed E-state index contributed by atoms with van der Waals surface area (Å²) in [5.41, 5.74) is 0.0775. The average molecular weight is 232 g/mol. The minimum atomic E-state index is -0.887. The van der Waals surface area contributed by atoms with Crippen LogP contribution in [0.4, 0.5) is 0 Å². The van der Waals surface area contributed by atoms with Crippen molar-refractivity contribution < 1.29 is 9.90 Å². The van der Waals surface area contributed by atoms with E-state index in [9.17, 15) is 9.90 Å². The Labute approximate surface area is 97.3 Å². The van der Waals surface area contributed by atoms with E-state index in [1.165, 1.54) is 0 Å². The molecule has 3 rings (SSSR count). The number of hydrogen-bond donors (Lipinski definition) is 1. The van der Waals surface area contributed by atoms with E-state index < -0.39 is 11.4 Å². The summed E-state index contributed by atoms with van der Waals surface area (Å²) in [5.74, 6) is 0.00357. The maximum Gasteiger partial charge on any atom is 0.317 e. The van der Waals surface area contributed by atoms with E-state index in [4.69, 9.17) is 0 Å². The monoisotopic (exact) mass is 232 g/mol. The van der Waals surface area contributed by atoms with Crippen LogP contribution in [0.1, 0.15) is 30.7 Å². The molecule has 0 amide bonds. The highest BCUT2D eigenvalue weighted by atomic mass is 16.4. The van der Waals surface area contributed by atoms with Gasteiger partial charge in [0.15, 0.2) is 5.82 Å². The van der Waals surface area contributed by atoms with Crippen LogP contribution in [0.3, 0.4) is 0 Å². The van der Waals surface area contributed by atoms with Crippen LogP contribution in [0.15, 0.2) is 12.4 Å². The van der Waals surface area contributed by atoms with Gasteiger partial charge in [0.25, 0.3) is 5.78 Å². The first-order chi connectivity index (χ1) is 8.12. The zero-order chi connectivity index (χ0) is 12.0. The van der Waals surface area contributed by atoms with Crippen LogP contribution in [0, 0.1) is 6.92 Å². The van der Waals surface area contributed by atoms with Gasteiger partial charge >= 0.3 is 5.97 Å². The molecule has 1 aliphatic carbocycles. The summed E-state index contributed by atoms with van der Waals surface area (Å²) >= 11 is 0. The number of aromatic nitrogens is 4. The second-order valence-electron chi connectivity index (χ2n) is 4.55. The lowest BCUT2D eigenvalue weighted by atomic mass is 9.68. The van der Waals surface area contributed by atoms with Gasteiger partial charge in [0, 0.05) is 12.4 Å². The van der Waals surface area contributed by atoms with Crippen molar-refractivity contribution in [2.24, 2.45) is 0 Å². The quantitative estimate of drug-likeness (QED) is 0.833. The van der Waals surface area contributed by atoms with E-state index in [0.29, 0.717) is 24.4 Å². The molecule has 0 aromatic carbocycles. The molecule has 6 nitrogen and oxygen atoms in total. The summed E-state index contributed by atoms with van der Waals surface area (Å²) < 4.78 is 1.55. The predicted molar refractivity (Wildman–Crippen MR) is 58.7 cm³/mol. The number of carbonyl (C=O) groups is 1. The first kappa shape index (κ1) is 10.2. The lowest BCUT2D eigenvalue weighted by Gasteiger charge is -2.34. The summed E-state index contributed by atoms with van der Waals surface area (Å²) in [6.45, 7) is 1.91. The Morgan fingerprint density at radius 3 is 2.88 bits per heavy atom. The van der Waals surface area contributed by atoms with Crippen LogP contribution < -0.4 is 0 Å². The highest BCUT2D eigenvalue weighted by molar-refractivity contribution is 5.81. The van der Waals surface area contributed by atoms with Crippen LogP contribution in [-0.2, 0) is 10.2 Å². The molecule has 2 heterocycles. The van der Waals surface area contributed by atoms with Crippen molar-refractivity contribution in [1.29, 1.82) is 0 Å². The maximum atomic E-state index is 11.3. The van der Waals surface area contributed by atoms with Gasteiger partial charge in [0.2, 0.25) is 0 Å². The van der Waals surface area contributed by atoms with Gasteiger partial charge < -0.3 is 5.11 Å². The molecule has 2 aromatic heterocycles. The topological polar surface area (TPSA) is 80.4 Å². The highest BCUT2D eigenvalue weighted by Gasteiger charge is 2.49. The van der Waals surface area contributed by atoms with Crippen LogP contribution in [-0.4, -0.2) is 30.7 Å². The third kappa shape index (κ3) is 1.33. The van der Waals surface area contributed by atoms with E-state index >= 15 is 0 Å². The van der Waals surface area contributed by atoms with Gasteiger partial charge in [-0.2, -0.15) is 4.98 Å². The summed E-state index contributed by atoms with van der Waals surface area (Å²) in [7, 11) is 0. The largest absolute Gasteiger partial charge is 0.480 e. The third-order valence-corrected chi connectivity index (χ3v) is 3.37. The molecule has 0 radical (unpaired) electrons. The predicted octanol–water partition coefficient (Wildman–Crippen LogP) is 0.939. The molecule has 1 N–H and O–H groups in total. The molecule has 2 aromatic rings. The zero-order valence-electron chi connectivity index (χ0n) is 9.42. The standard InChI is InChI=1S/C11H12N4O2/c1-7-5-12-10-13-8(14-15(10)6-7)11(9(16)17)3-2-4-11/h5-6H,2-4H2,1H3,(H,16,17). The van der Waals surface area contributed by atoms with Crippen LogP contribution in [0.5, 0.6) is 0 Å². The lowest BCUT2D eigenvalue weighted by molar-refractivity contribution is -0.147. The Morgan fingerprint density at radius 2 is 2.29 bits per heavy atom. The van der Waals surface area contributed by atoms with Crippen LogP contribution >= 0.6 is 0 Å². The number of aryl methyl sites for hydroxylation is 1. The number of rotatable bonds is 2. The van der Waals surface area contributed by atoms with E-state index in [2.05, 4.69) is 15.1 Å². The van der Waals surface area contributed by atoms with Crippen molar-refractivity contribution in [3.05, 3.63) is 23.8 Å². The van der Waals surface area contributed by atoms with Crippen molar-refractivity contribution in [2.45, 2.75) is 31.6 Å². The van der Waals surface area contributed by atoms with Gasteiger partial charge in [-0.25, -0.2) is 9.50 Å². The average Bonchev–Trinajstić information content (AvgIpc) is 2.57. The van der Waals surface area contributed by atoms with Gasteiger partial charge in [-0.3, -0.25) is 4.79 Å². The van der Waals surface area contributed by atoms with Gasteiger partial charge in [-0.15, -0.1) is 5.10 Å². The van der Waals surface area contributed by atoms with Gasteiger partial charge in [0.05, 0.1) is 0 Å². The van der Waals surface area contributed by atoms with Crippen molar-refractivity contribution in [1.82, 2.24) is 19.6 Å². The molecule has 6 heteroatoms. The second-order valence-corrected chi connectivity index (χ2v) is 4.55. The van der Waals surface area contributed by atoms with E-state index in [-0.39, 0.29) is 0 Å². The Balaban J connectivity index is 2.14. The Morgan fingerprint density at radius 1 is 1.53 bits per heavy atom. The SMILES string of the molecule is Cc1cnc2nc(C3(C(=O)O)CCC3)nn2c1. The Kier molecular flexibility index (Phi) is 1.95. The Bertz CT molecular complexity index is 601. The van der Waals surface area contributed by atoms with Crippen LogP contribution in [0.25, 0.3) is 5.78 Å². The zero-order valence-corrected chi connectivity index (χ0v) is 9.42. The molecule has 1 aliphatic rings. The number of nitrogens with zero attached hydrogens (tertiary/aromatic N) is 4. The highest BCUT2D eigenvalue weighted by Crippen LogP contribution is 2.42. The minimum Gasteiger partial charge on any atom is -0.480 e. The van der Waals surface area contributed by atoms with E-state index in [1.807, 2.05) is 6.92 Å². The van der Waals surface area contributed by atoms with Gasteiger partial charge in [-0.05, 0) is 25.3 Å². The first-order valence-electron chi connectivity index (χ1n) is 5.55. The summed E-state index contributed by atoms with van der Waals surface area (Å²) in [6.07, 6.45) is 5.62. The van der Waals surface area contributed by atoms with Crippen molar-refractivity contribution in [3.8, 4) is 0 Å². The lowest BCUT2D eigenvalue weighted by Crippen LogP contribution is -2.43. The number of carboxylic acid groups (broad SMARTS) is 1. The molecule has 0 saturated heterocycles. The number of hydrogen-bond acceptors (Lipinski definition) is 4. The minimum absolute atomic E-state index is 0.384. The molecule has 0 spiro atoms. The Hall–Kier alpha value is -1.98. The maximum absolute atomic E-state index is 11.3. The molecular weight excluding hydrogens is 220 g/mol. The molecular formula is C11H12N4O2. The third-order valence-electron chi connectivity index (χ3n) is 3.37. The second kappa shape index (κ2) is 3.26. The summed E-state index contributed by atoms with van der Waals surface area (Å²) in [5, 5.41) is 13.6. The van der Waals surface area contributed by atoms with Crippen molar-refractivity contribution >= 4 is 11.7 Å². The van der Waals surface area contributed by atoms with Gasteiger partial charge in [-0.1, -0.05) is 6.42 Å².